The number of aryl methyl sites for hydroxylation is 1. The van der Waals surface area contributed by atoms with Crippen molar-refractivity contribution in [2.75, 3.05) is 6.54 Å². The van der Waals surface area contributed by atoms with E-state index in [-0.39, 0.29) is 29.9 Å². The number of carbonyl (C=O) groups is 1. The van der Waals surface area contributed by atoms with Crippen LogP contribution in [0.25, 0.3) is 0 Å². The van der Waals surface area contributed by atoms with Crippen molar-refractivity contribution in [1.82, 2.24) is 9.62 Å². The maximum absolute atomic E-state index is 13.2. The van der Waals surface area contributed by atoms with Crippen LogP contribution in [0, 0.1) is 6.92 Å². The summed E-state index contributed by atoms with van der Waals surface area (Å²) < 4.78 is 27.5. The molecule has 0 bridgehead atoms. The van der Waals surface area contributed by atoms with Gasteiger partial charge in [-0.15, -0.1) is 0 Å². The lowest BCUT2D eigenvalue weighted by molar-refractivity contribution is -0.122. The Morgan fingerprint density at radius 1 is 1.15 bits per heavy atom. The molecule has 27 heavy (non-hydrogen) atoms. The third-order valence-electron chi connectivity index (χ3n) is 4.40. The van der Waals surface area contributed by atoms with Crippen molar-refractivity contribution in [2.45, 2.75) is 44.7 Å². The van der Waals surface area contributed by atoms with E-state index in [9.17, 15) is 13.2 Å². The molecule has 1 N–H and O–H groups in total. The molecule has 5 nitrogen and oxygen atoms in total. The van der Waals surface area contributed by atoms with Crippen LogP contribution in [0.3, 0.4) is 0 Å². The standard InChI is InChI=1S/C20H25ClN2O3S/c1-4-16(3)22-20(24)14-23(13-17-8-6-5-7-15(17)2)27(25,26)19-11-9-18(21)10-12-19/h5-12,16H,4,13-14H2,1-3H3,(H,22,24)/t16-/m0/s1. The maximum atomic E-state index is 13.2. The minimum atomic E-state index is -3.86. The van der Waals surface area contributed by atoms with E-state index in [1.807, 2.05) is 45.0 Å². The number of hydrogen-bond donors (Lipinski definition) is 1. The molecule has 1 amide bonds. The number of hydrogen-bond acceptors (Lipinski definition) is 3. The average Bonchev–Trinajstić information content (AvgIpc) is 2.63. The number of halogens is 1. The van der Waals surface area contributed by atoms with Crippen molar-refractivity contribution in [1.29, 1.82) is 0 Å². The van der Waals surface area contributed by atoms with Crippen LogP contribution < -0.4 is 5.32 Å². The van der Waals surface area contributed by atoms with Crippen LogP contribution in [0.1, 0.15) is 31.4 Å². The first-order valence-corrected chi connectivity index (χ1v) is 10.7. The Balaban J connectivity index is 2.34. The van der Waals surface area contributed by atoms with Gasteiger partial charge in [0.25, 0.3) is 0 Å². The third kappa shape index (κ3) is 5.79. The van der Waals surface area contributed by atoms with Crippen LogP contribution in [0.2, 0.25) is 5.02 Å². The van der Waals surface area contributed by atoms with E-state index < -0.39 is 10.0 Å². The molecule has 0 aliphatic heterocycles. The summed E-state index contributed by atoms with van der Waals surface area (Å²) in [6.07, 6.45) is 0.771. The van der Waals surface area contributed by atoms with Crippen molar-refractivity contribution in [3.8, 4) is 0 Å². The second kappa shape index (κ2) is 9.35. The molecular weight excluding hydrogens is 384 g/mol. The number of rotatable bonds is 8. The van der Waals surface area contributed by atoms with Crippen LogP contribution in [0.15, 0.2) is 53.4 Å². The van der Waals surface area contributed by atoms with Gasteiger partial charge in [0.05, 0.1) is 11.4 Å². The Kier molecular flexibility index (Phi) is 7.41. The Morgan fingerprint density at radius 3 is 2.37 bits per heavy atom. The molecule has 0 aliphatic rings. The van der Waals surface area contributed by atoms with Crippen LogP contribution in [0.5, 0.6) is 0 Å². The summed E-state index contributed by atoms with van der Waals surface area (Å²) in [6.45, 7) is 5.63. The minimum Gasteiger partial charge on any atom is -0.353 e. The van der Waals surface area contributed by atoms with Gasteiger partial charge < -0.3 is 5.32 Å². The fourth-order valence-electron chi connectivity index (χ4n) is 2.54. The van der Waals surface area contributed by atoms with Gasteiger partial charge in [-0.2, -0.15) is 4.31 Å². The van der Waals surface area contributed by atoms with E-state index in [1.165, 1.54) is 28.6 Å². The van der Waals surface area contributed by atoms with E-state index >= 15 is 0 Å². The predicted octanol–water partition coefficient (Wildman–Crippen LogP) is 3.75. The lowest BCUT2D eigenvalue weighted by Gasteiger charge is -2.23. The molecule has 0 unspecified atom stereocenters. The molecule has 0 heterocycles. The highest BCUT2D eigenvalue weighted by Gasteiger charge is 2.27. The van der Waals surface area contributed by atoms with Crippen LogP contribution in [0.4, 0.5) is 0 Å². The highest BCUT2D eigenvalue weighted by Crippen LogP contribution is 2.21. The maximum Gasteiger partial charge on any atom is 0.243 e. The summed E-state index contributed by atoms with van der Waals surface area (Å²) in [4.78, 5) is 12.5. The van der Waals surface area contributed by atoms with Gasteiger partial charge >= 0.3 is 0 Å². The summed E-state index contributed by atoms with van der Waals surface area (Å²) in [6, 6.07) is 13.5. The van der Waals surface area contributed by atoms with Crippen molar-refractivity contribution < 1.29 is 13.2 Å². The quantitative estimate of drug-likeness (QED) is 0.723. The number of nitrogens with zero attached hydrogens (tertiary/aromatic N) is 1. The fraction of sp³-hybridized carbons (Fsp3) is 0.350. The number of benzene rings is 2. The fourth-order valence-corrected chi connectivity index (χ4v) is 4.04. The molecule has 0 spiro atoms. The number of nitrogens with one attached hydrogen (secondary N) is 1. The topological polar surface area (TPSA) is 66.5 Å². The molecule has 0 saturated carbocycles. The van der Waals surface area contributed by atoms with Gasteiger partial charge in [0, 0.05) is 17.6 Å². The van der Waals surface area contributed by atoms with E-state index in [4.69, 9.17) is 11.6 Å². The van der Waals surface area contributed by atoms with Gasteiger partial charge in [0.2, 0.25) is 15.9 Å². The summed E-state index contributed by atoms with van der Waals surface area (Å²) in [5.41, 5.74) is 1.82. The second-order valence-corrected chi connectivity index (χ2v) is 8.90. The van der Waals surface area contributed by atoms with E-state index in [0.717, 1.165) is 17.5 Å². The normalized spacial score (nSPS) is 12.8. The molecule has 2 aromatic rings. The predicted molar refractivity (Wildman–Crippen MR) is 108 cm³/mol. The number of carbonyl (C=O) groups excluding carboxylic acids is 1. The Labute approximate surface area is 166 Å². The van der Waals surface area contributed by atoms with E-state index in [0.29, 0.717) is 5.02 Å². The average molecular weight is 409 g/mol. The van der Waals surface area contributed by atoms with Gasteiger partial charge in [0.15, 0.2) is 0 Å². The first kappa shape index (κ1) is 21.4. The molecule has 2 aromatic carbocycles. The summed E-state index contributed by atoms with van der Waals surface area (Å²) in [5, 5.41) is 3.28. The first-order valence-electron chi connectivity index (χ1n) is 8.83. The largest absolute Gasteiger partial charge is 0.353 e. The highest BCUT2D eigenvalue weighted by molar-refractivity contribution is 7.89. The number of amides is 1. The van der Waals surface area contributed by atoms with Crippen LogP contribution in [-0.4, -0.2) is 31.2 Å². The van der Waals surface area contributed by atoms with Crippen molar-refractivity contribution in [3.63, 3.8) is 0 Å². The SMILES string of the molecule is CC[C@H](C)NC(=O)CN(Cc1ccccc1C)S(=O)(=O)c1ccc(Cl)cc1. The lowest BCUT2D eigenvalue weighted by Crippen LogP contribution is -2.43. The second-order valence-electron chi connectivity index (χ2n) is 6.53. The molecule has 7 heteroatoms. The van der Waals surface area contributed by atoms with Crippen LogP contribution >= 0.6 is 11.6 Å². The zero-order valence-corrected chi connectivity index (χ0v) is 17.3. The summed E-state index contributed by atoms with van der Waals surface area (Å²) >= 11 is 5.88. The molecule has 0 saturated heterocycles. The molecule has 0 aromatic heterocycles. The summed E-state index contributed by atoms with van der Waals surface area (Å²) in [5.74, 6) is -0.324. The first-order chi connectivity index (χ1) is 12.7. The molecular formula is C20H25ClN2O3S. The van der Waals surface area contributed by atoms with Gasteiger partial charge in [-0.3, -0.25) is 4.79 Å². The molecule has 0 radical (unpaired) electrons. The zero-order chi connectivity index (χ0) is 20.0. The minimum absolute atomic E-state index is 0.0175. The molecule has 2 rings (SSSR count). The molecule has 1 atom stereocenters. The van der Waals surface area contributed by atoms with Gasteiger partial charge in [0.1, 0.15) is 0 Å². The highest BCUT2D eigenvalue weighted by atomic mass is 35.5. The van der Waals surface area contributed by atoms with E-state index in [1.54, 1.807) is 0 Å². The van der Waals surface area contributed by atoms with Gasteiger partial charge in [-0.25, -0.2) is 8.42 Å². The smallest absolute Gasteiger partial charge is 0.243 e. The molecule has 0 fully saturated rings. The Morgan fingerprint density at radius 2 is 1.78 bits per heavy atom. The molecule has 146 valence electrons. The monoisotopic (exact) mass is 408 g/mol. The van der Waals surface area contributed by atoms with Crippen molar-refractivity contribution in [2.24, 2.45) is 0 Å². The van der Waals surface area contributed by atoms with Crippen molar-refractivity contribution in [3.05, 3.63) is 64.7 Å². The van der Waals surface area contributed by atoms with Gasteiger partial charge in [-0.1, -0.05) is 42.8 Å². The zero-order valence-electron chi connectivity index (χ0n) is 15.8. The Hall–Kier alpha value is -1.89. The Bertz CT molecular complexity index is 882. The van der Waals surface area contributed by atoms with Gasteiger partial charge in [-0.05, 0) is 55.7 Å². The number of sulfonamides is 1. The lowest BCUT2D eigenvalue weighted by atomic mass is 10.1. The molecule has 0 aliphatic carbocycles. The van der Waals surface area contributed by atoms with E-state index in [2.05, 4.69) is 5.32 Å². The summed E-state index contributed by atoms with van der Waals surface area (Å²) in [7, 11) is -3.86. The third-order valence-corrected chi connectivity index (χ3v) is 6.46. The van der Waals surface area contributed by atoms with Crippen molar-refractivity contribution >= 4 is 27.5 Å². The van der Waals surface area contributed by atoms with Crippen LogP contribution in [-0.2, 0) is 21.4 Å².